The molecule has 0 aromatic carbocycles. The van der Waals surface area contributed by atoms with Crippen LogP contribution in [-0.2, 0) is 0 Å². The van der Waals surface area contributed by atoms with Gasteiger partial charge in [-0.1, -0.05) is 441 Å². The molecule has 1 atom stereocenters. The van der Waals surface area contributed by atoms with Crippen molar-refractivity contribution in [2.45, 2.75) is 511 Å². The molecule has 90 heavy (non-hydrogen) atoms. The number of hydrogen-bond acceptors (Lipinski definition) is 0. The van der Waals surface area contributed by atoms with Crippen molar-refractivity contribution in [3.8, 4) is 0 Å². The first-order chi connectivity index (χ1) is 43.9. The molecule has 0 nitrogen and oxygen atoms in total. The normalized spacial score (nSPS) is 12.8. The summed E-state index contributed by atoms with van der Waals surface area (Å²) in [5.74, 6) is 0.861. The Kier molecular flexibility index (Phi) is 72.3. The number of halogens is 4. The van der Waals surface area contributed by atoms with Gasteiger partial charge in [0.2, 0.25) is 0 Å². The predicted molar refractivity (Wildman–Crippen MR) is 410 cm³/mol. The van der Waals surface area contributed by atoms with Crippen molar-refractivity contribution < 1.29 is 17.3 Å². The highest BCUT2D eigenvalue weighted by Crippen LogP contribution is 2.80. The maximum atomic E-state index is 9.75. The fraction of sp³-hybridized carbons (Fsp3) is 1.00. The second kappa shape index (κ2) is 70.5. The summed E-state index contributed by atoms with van der Waals surface area (Å²) in [5, 5.41) is 0.556. The van der Waals surface area contributed by atoms with Gasteiger partial charge in [0.25, 0.3) is 0 Å². The highest BCUT2D eigenvalue weighted by atomic mass is 31.2. The van der Waals surface area contributed by atoms with Crippen molar-refractivity contribution in [2.75, 3.05) is 18.5 Å². The lowest BCUT2D eigenvalue weighted by molar-refractivity contribution is 0.0463. The summed E-state index contributed by atoms with van der Waals surface area (Å²) in [4.78, 5) is 0. The van der Waals surface area contributed by atoms with Crippen LogP contribution in [0, 0.1) is 11.3 Å². The molecule has 0 radical (unpaired) electrons. The molecule has 0 saturated carbocycles. The molecule has 0 aliphatic carbocycles. The lowest BCUT2D eigenvalue weighted by atomic mass is 9.57. The van der Waals surface area contributed by atoms with Crippen molar-refractivity contribution in [3.05, 3.63) is 0 Å². The number of rotatable bonds is 75. The van der Waals surface area contributed by atoms with Crippen molar-refractivity contribution in [1.29, 1.82) is 0 Å². The van der Waals surface area contributed by atoms with Gasteiger partial charge in [0.15, 0.2) is 0 Å². The van der Waals surface area contributed by atoms with E-state index in [2.05, 4.69) is 62.3 Å². The third kappa shape index (κ3) is 54.2. The summed E-state index contributed by atoms with van der Waals surface area (Å²) >= 11 is 0. The van der Waals surface area contributed by atoms with E-state index in [0.29, 0.717) is 10.6 Å². The Hall–Kier alpha value is 0.215. The maximum absolute atomic E-state index is 9.75. The Labute approximate surface area is 569 Å². The van der Waals surface area contributed by atoms with E-state index in [0.717, 1.165) is 5.92 Å². The Balaban J connectivity index is 0. The fourth-order valence-electron chi connectivity index (χ4n) is 16.8. The van der Waals surface area contributed by atoms with Crippen LogP contribution in [0.1, 0.15) is 505 Å². The molecule has 0 fully saturated rings. The highest BCUT2D eigenvalue weighted by molar-refractivity contribution is 7.77. The van der Waals surface area contributed by atoms with Crippen LogP contribution >= 0.6 is 7.26 Å². The fourth-order valence-corrected chi connectivity index (χ4v) is 24.1. The van der Waals surface area contributed by atoms with Crippen molar-refractivity contribution in [3.63, 3.8) is 0 Å². The van der Waals surface area contributed by atoms with Crippen LogP contribution in [0.3, 0.4) is 0 Å². The van der Waals surface area contributed by atoms with E-state index in [1.54, 1.807) is 63.4 Å². The summed E-state index contributed by atoms with van der Waals surface area (Å²) in [6.45, 7) is 22.5. The third-order valence-electron chi connectivity index (χ3n) is 22.4. The SMILES string of the molecule is CCCCCCCCCCCCC(C)C(CCCCCCCCCCCC)(CCCCCCCCCCCC)C(CCCCCCCCCCCC)(CCCCCCCCCCCC)[P+](CCCC)(CCCC)CCCCCCCCCCCC.F[B-](F)(F)F. The number of unbranched alkanes of at least 4 members (excludes halogenated alkanes) is 56. The van der Waals surface area contributed by atoms with Crippen LogP contribution in [-0.4, -0.2) is 30.9 Å². The summed E-state index contributed by atoms with van der Waals surface area (Å²) in [7, 11) is -7.40. The third-order valence-corrected chi connectivity index (χ3v) is 28.7. The molecule has 0 spiro atoms. The van der Waals surface area contributed by atoms with Gasteiger partial charge in [-0.25, -0.2) is 0 Å². The Bertz CT molecular complexity index is 1270. The van der Waals surface area contributed by atoms with Crippen LogP contribution in [0.4, 0.5) is 17.3 Å². The minimum absolute atomic E-state index is 0.499. The lowest BCUT2D eigenvalue weighted by Gasteiger charge is -2.60. The molecule has 0 aromatic rings. The molecule has 0 aliphatic heterocycles. The molecule has 0 heterocycles. The Morgan fingerprint density at radius 1 is 0.222 bits per heavy atom. The van der Waals surface area contributed by atoms with Gasteiger partial charge in [-0.3, -0.25) is 0 Å². The minimum Gasteiger partial charge on any atom is -0.418 e. The van der Waals surface area contributed by atoms with Crippen LogP contribution in [0.25, 0.3) is 0 Å². The molecule has 544 valence electrons. The maximum Gasteiger partial charge on any atom is 0.673 e. The smallest absolute Gasteiger partial charge is 0.418 e. The summed E-state index contributed by atoms with van der Waals surface area (Å²) in [6, 6.07) is 0. The van der Waals surface area contributed by atoms with Crippen molar-refractivity contribution in [2.24, 2.45) is 11.3 Å². The predicted octanol–water partition coefficient (Wildman–Crippen LogP) is 33.7. The zero-order valence-corrected chi connectivity index (χ0v) is 64.9. The molecule has 0 aliphatic rings. The standard InChI is InChI=1S/C84H172P.BF4/c1-10-18-26-32-38-44-50-56-62-68-74-82(9)83(75-69-63-57-51-45-39-33-27-19-11-2,76-70-64-58-52-46-40-34-28-20-12-3)84(77-71-65-59-53-47-41-35-29-21-13-4,78-72-66-60-54-48-42-36-30-22-14-5)85(79-24-16-7,80-25-17-8)81-73-67-61-55-49-43-37-31-23-15-6;2-1(3,4)5/h82H,10-81H2,1-9H3;/q+1;-1. The quantitative estimate of drug-likeness (QED) is 0.0246. The summed E-state index contributed by atoms with van der Waals surface area (Å²) in [5.41, 5.74) is 0.499. The second-order valence-corrected chi connectivity index (χ2v) is 35.0. The average molecular weight is 1300 g/mol. The van der Waals surface area contributed by atoms with E-state index in [1.807, 2.05) is 0 Å². The van der Waals surface area contributed by atoms with Crippen LogP contribution in [0.15, 0.2) is 0 Å². The largest absolute Gasteiger partial charge is 0.673 e. The first kappa shape index (κ1) is 92.3. The molecular formula is C84H172BF4P. The summed E-state index contributed by atoms with van der Waals surface area (Å²) in [6.07, 6.45) is 108. The first-order valence-corrected chi connectivity index (χ1v) is 45.0. The van der Waals surface area contributed by atoms with Gasteiger partial charge in [-0.15, -0.1) is 0 Å². The van der Waals surface area contributed by atoms with Crippen LogP contribution in [0.2, 0.25) is 0 Å². The minimum atomic E-state index is -6.00. The molecule has 0 saturated heterocycles. The summed E-state index contributed by atoms with van der Waals surface area (Å²) < 4.78 is 39.0. The zero-order chi connectivity index (χ0) is 66.5. The monoisotopic (exact) mass is 1300 g/mol. The van der Waals surface area contributed by atoms with Crippen molar-refractivity contribution in [1.82, 2.24) is 0 Å². The van der Waals surface area contributed by atoms with Gasteiger partial charge in [0, 0.05) is 12.7 Å². The van der Waals surface area contributed by atoms with Gasteiger partial charge in [-0.05, 0) is 70.1 Å². The molecule has 0 bridgehead atoms. The van der Waals surface area contributed by atoms with E-state index in [4.69, 9.17) is 0 Å². The van der Waals surface area contributed by atoms with Gasteiger partial charge < -0.3 is 17.3 Å². The van der Waals surface area contributed by atoms with Gasteiger partial charge in [0.1, 0.15) is 0 Å². The van der Waals surface area contributed by atoms with E-state index in [-0.39, 0.29) is 0 Å². The molecule has 0 amide bonds. The van der Waals surface area contributed by atoms with E-state index in [9.17, 15) is 17.3 Å². The van der Waals surface area contributed by atoms with E-state index < -0.39 is 14.5 Å². The Morgan fingerprint density at radius 2 is 0.389 bits per heavy atom. The van der Waals surface area contributed by atoms with Crippen LogP contribution in [0.5, 0.6) is 0 Å². The van der Waals surface area contributed by atoms with Gasteiger partial charge in [0.05, 0.1) is 23.6 Å². The topological polar surface area (TPSA) is 0 Å². The first-order valence-electron chi connectivity index (χ1n) is 42.6. The molecular weight excluding hydrogens is 1130 g/mol. The molecule has 0 aromatic heterocycles. The molecule has 6 heteroatoms. The van der Waals surface area contributed by atoms with Gasteiger partial charge in [-0.2, -0.15) is 0 Å². The zero-order valence-electron chi connectivity index (χ0n) is 64.0. The van der Waals surface area contributed by atoms with Crippen LogP contribution < -0.4 is 0 Å². The van der Waals surface area contributed by atoms with E-state index >= 15 is 0 Å². The number of hydrogen-bond donors (Lipinski definition) is 0. The van der Waals surface area contributed by atoms with Gasteiger partial charge >= 0.3 is 7.25 Å². The molecule has 1 unspecified atom stereocenters. The van der Waals surface area contributed by atoms with Crippen molar-refractivity contribution >= 4 is 14.5 Å². The molecule has 0 rings (SSSR count). The van der Waals surface area contributed by atoms with E-state index in [1.165, 1.54) is 398 Å². The second-order valence-electron chi connectivity index (χ2n) is 30.5. The Morgan fingerprint density at radius 3 is 0.611 bits per heavy atom. The average Bonchev–Trinajstić information content (AvgIpc) is 0.718. The highest BCUT2D eigenvalue weighted by Gasteiger charge is 2.66. The molecule has 0 N–H and O–H groups in total. The lowest BCUT2D eigenvalue weighted by Crippen LogP contribution is -2.55.